The highest BCUT2D eigenvalue weighted by atomic mass is 16.7. The minimum absolute atomic E-state index is 0.628. The molecule has 0 aromatic carbocycles. The Kier molecular flexibility index (Phi) is 3.38. The molecule has 0 aromatic rings. The number of aliphatic hydroxyl groups is 1. The molecule has 0 rings (SSSR count). The Balaban J connectivity index is 3.28. The largest absolute Gasteiger partial charge is 0.386 e. The first-order chi connectivity index (χ1) is 4.16. The molecule has 0 bridgehead atoms. The minimum atomic E-state index is -0.745. The SMILES string of the molecule is CC(=O)ONC(=O)CO. The van der Waals surface area contributed by atoms with E-state index in [-0.39, 0.29) is 0 Å². The topological polar surface area (TPSA) is 75.6 Å². The van der Waals surface area contributed by atoms with Crippen LogP contribution in [0, 0.1) is 0 Å². The Morgan fingerprint density at radius 3 is 2.56 bits per heavy atom. The number of hydroxylamine groups is 1. The fraction of sp³-hybridized carbons (Fsp3) is 0.500. The van der Waals surface area contributed by atoms with Gasteiger partial charge in [0.1, 0.15) is 6.61 Å². The number of rotatable bonds is 1. The molecule has 0 aromatic heterocycles. The van der Waals surface area contributed by atoms with Gasteiger partial charge in [-0.1, -0.05) is 0 Å². The highest BCUT2D eigenvalue weighted by Crippen LogP contribution is 1.68. The van der Waals surface area contributed by atoms with E-state index in [4.69, 9.17) is 5.11 Å². The second-order valence-corrected chi connectivity index (χ2v) is 1.28. The molecule has 0 heterocycles. The molecule has 2 N–H and O–H groups in total. The lowest BCUT2D eigenvalue weighted by Crippen LogP contribution is -2.28. The van der Waals surface area contributed by atoms with Crippen LogP contribution in [0.5, 0.6) is 0 Å². The summed E-state index contributed by atoms with van der Waals surface area (Å²) in [5.74, 6) is -1.37. The van der Waals surface area contributed by atoms with Gasteiger partial charge in [0.05, 0.1) is 0 Å². The third kappa shape index (κ3) is 4.76. The van der Waals surface area contributed by atoms with E-state index in [1.165, 1.54) is 0 Å². The summed E-state index contributed by atoms with van der Waals surface area (Å²) in [5, 5.41) is 8.04. The number of hydrogen-bond donors (Lipinski definition) is 2. The van der Waals surface area contributed by atoms with Crippen LogP contribution in [-0.4, -0.2) is 23.6 Å². The van der Waals surface area contributed by atoms with E-state index in [1.807, 2.05) is 0 Å². The van der Waals surface area contributed by atoms with Gasteiger partial charge < -0.3 is 9.94 Å². The Bertz CT molecular complexity index is 122. The molecule has 0 atom stereocenters. The van der Waals surface area contributed by atoms with Gasteiger partial charge in [-0.05, 0) is 0 Å². The minimum Gasteiger partial charge on any atom is -0.386 e. The maximum Gasteiger partial charge on any atom is 0.329 e. The third-order valence-corrected chi connectivity index (χ3v) is 0.452. The summed E-state index contributed by atoms with van der Waals surface area (Å²) < 4.78 is 0. The molecule has 0 aliphatic heterocycles. The van der Waals surface area contributed by atoms with Crippen molar-refractivity contribution in [1.82, 2.24) is 5.48 Å². The summed E-state index contributed by atoms with van der Waals surface area (Å²) in [6, 6.07) is 0. The van der Waals surface area contributed by atoms with Crippen molar-refractivity contribution in [3.8, 4) is 0 Å². The predicted molar refractivity (Wildman–Crippen MR) is 27.0 cm³/mol. The Labute approximate surface area is 51.6 Å². The number of carbonyl (C=O) groups excluding carboxylic acids is 2. The van der Waals surface area contributed by atoms with Crippen LogP contribution in [0.2, 0.25) is 0 Å². The zero-order chi connectivity index (χ0) is 7.28. The van der Waals surface area contributed by atoms with E-state index >= 15 is 0 Å². The number of carbonyl (C=O) groups is 2. The molecular weight excluding hydrogens is 126 g/mol. The number of amides is 1. The van der Waals surface area contributed by atoms with Gasteiger partial charge in [0.25, 0.3) is 5.91 Å². The molecule has 9 heavy (non-hydrogen) atoms. The first-order valence-corrected chi connectivity index (χ1v) is 2.24. The molecule has 5 nitrogen and oxygen atoms in total. The second-order valence-electron chi connectivity index (χ2n) is 1.28. The Morgan fingerprint density at radius 1 is 1.67 bits per heavy atom. The van der Waals surface area contributed by atoms with Crippen LogP contribution in [0.25, 0.3) is 0 Å². The lowest BCUT2D eigenvalue weighted by molar-refractivity contribution is -0.157. The number of aliphatic hydroxyl groups excluding tert-OH is 1. The van der Waals surface area contributed by atoms with E-state index in [0.29, 0.717) is 0 Å². The van der Waals surface area contributed by atoms with Gasteiger partial charge in [-0.15, -0.1) is 0 Å². The summed E-state index contributed by atoms with van der Waals surface area (Å²) >= 11 is 0. The van der Waals surface area contributed by atoms with E-state index in [2.05, 4.69) is 4.84 Å². The van der Waals surface area contributed by atoms with Gasteiger partial charge in [-0.25, -0.2) is 0 Å². The summed E-state index contributed by atoms with van der Waals surface area (Å²) in [5.41, 5.74) is 1.69. The maximum absolute atomic E-state index is 10.1. The van der Waals surface area contributed by atoms with Crippen molar-refractivity contribution in [3.63, 3.8) is 0 Å². The molecule has 0 radical (unpaired) electrons. The van der Waals surface area contributed by atoms with E-state index in [9.17, 15) is 9.59 Å². The first-order valence-electron chi connectivity index (χ1n) is 2.24. The summed E-state index contributed by atoms with van der Waals surface area (Å²) in [4.78, 5) is 24.0. The summed E-state index contributed by atoms with van der Waals surface area (Å²) in [6.07, 6.45) is 0. The Morgan fingerprint density at radius 2 is 2.22 bits per heavy atom. The van der Waals surface area contributed by atoms with Crippen molar-refractivity contribution in [2.24, 2.45) is 0 Å². The number of hydrogen-bond acceptors (Lipinski definition) is 4. The van der Waals surface area contributed by atoms with Crippen molar-refractivity contribution in [1.29, 1.82) is 0 Å². The van der Waals surface area contributed by atoms with Crippen molar-refractivity contribution in [3.05, 3.63) is 0 Å². The normalized spacial score (nSPS) is 8.22. The Hall–Kier alpha value is -1.10. The quantitative estimate of drug-likeness (QED) is 0.430. The predicted octanol–water partition coefficient (Wildman–Crippen LogP) is -1.43. The zero-order valence-corrected chi connectivity index (χ0v) is 4.88. The van der Waals surface area contributed by atoms with E-state index in [1.54, 1.807) is 5.48 Å². The molecule has 0 saturated heterocycles. The average Bonchev–Trinajstić information content (AvgIpc) is 1.83. The standard InChI is InChI=1S/C4H7NO4/c1-3(7)9-5-4(8)2-6/h6H,2H2,1H3,(H,5,8). The van der Waals surface area contributed by atoms with Crippen LogP contribution < -0.4 is 5.48 Å². The fourth-order valence-electron chi connectivity index (χ4n) is 0.161. The monoisotopic (exact) mass is 133 g/mol. The first kappa shape index (κ1) is 7.90. The molecular formula is C4H7NO4. The van der Waals surface area contributed by atoms with Gasteiger partial charge in [0.2, 0.25) is 0 Å². The highest BCUT2D eigenvalue weighted by molar-refractivity contribution is 5.77. The molecule has 5 heteroatoms. The van der Waals surface area contributed by atoms with Crippen LogP contribution in [-0.2, 0) is 14.4 Å². The molecule has 0 spiro atoms. The molecule has 52 valence electrons. The smallest absolute Gasteiger partial charge is 0.329 e. The van der Waals surface area contributed by atoms with Crippen LogP contribution in [0.4, 0.5) is 0 Å². The summed E-state index contributed by atoms with van der Waals surface area (Å²) in [7, 11) is 0. The third-order valence-electron chi connectivity index (χ3n) is 0.452. The molecule has 1 amide bonds. The van der Waals surface area contributed by atoms with Gasteiger partial charge in [0, 0.05) is 6.92 Å². The summed E-state index contributed by atoms with van der Waals surface area (Å²) in [6.45, 7) is 0.449. The number of nitrogens with one attached hydrogen (secondary N) is 1. The van der Waals surface area contributed by atoms with Gasteiger partial charge in [-0.2, -0.15) is 5.48 Å². The van der Waals surface area contributed by atoms with Crippen LogP contribution in [0.1, 0.15) is 6.92 Å². The van der Waals surface area contributed by atoms with E-state index in [0.717, 1.165) is 6.92 Å². The molecule has 0 saturated carbocycles. The van der Waals surface area contributed by atoms with Gasteiger partial charge >= 0.3 is 5.97 Å². The van der Waals surface area contributed by atoms with E-state index < -0.39 is 18.5 Å². The fourth-order valence-corrected chi connectivity index (χ4v) is 0.161. The van der Waals surface area contributed by atoms with Gasteiger partial charge in [0.15, 0.2) is 0 Å². The van der Waals surface area contributed by atoms with Gasteiger partial charge in [-0.3, -0.25) is 9.59 Å². The van der Waals surface area contributed by atoms with Crippen molar-refractivity contribution in [2.45, 2.75) is 6.92 Å². The average molecular weight is 133 g/mol. The van der Waals surface area contributed by atoms with Crippen molar-refractivity contribution < 1.29 is 19.5 Å². The lowest BCUT2D eigenvalue weighted by Gasteiger charge is -1.98. The molecule has 0 unspecified atom stereocenters. The molecule has 0 aliphatic carbocycles. The lowest BCUT2D eigenvalue weighted by atomic mass is 10.7. The second kappa shape index (κ2) is 3.85. The van der Waals surface area contributed by atoms with Crippen LogP contribution in [0.15, 0.2) is 0 Å². The molecule has 0 aliphatic rings. The maximum atomic E-state index is 10.1. The zero-order valence-electron chi connectivity index (χ0n) is 4.88. The van der Waals surface area contributed by atoms with Crippen LogP contribution >= 0.6 is 0 Å². The highest BCUT2D eigenvalue weighted by Gasteiger charge is 1.97. The van der Waals surface area contributed by atoms with Crippen LogP contribution in [0.3, 0.4) is 0 Å². The van der Waals surface area contributed by atoms with Crippen molar-refractivity contribution >= 4 is 11.9 Å². The molecule has 0 fully saturated rings. The van der Waals surface area contributed by atoms with Crippen molar-refractivity contribution in [2.75, 3.05) is 6.61 Å².